The van der Waals surface area contributed by atoms with Crippen LogP contribution >= 0.6 is 0 Å². The van der Waals surface area contributed by atoms with Crippen molar-refractivity contribution >= 4 is 6.03 Å². The molecule has 0 heterocycles. The summed E-state index contributed by atoms with van der Waals surface area (Å²) in [6, 6.07) is 20.1. The Morgan fingerprint density at radius 2 is 1.48 bits per heavy atom. The molecule has 2 rings (SSSR count). The van der Waals surface area contributed by atoms with E-state index in [0.29, 0.717) is 13.1 Å². The van der Waals surface area contributed by atoms with E-state index in [2.05, 4.69) is 5.32 Å². The minimum atomic E-state index is -0.0299. The Kier molecular flexibility index (Phi) is 5.38. The minimum absolute atomic E-state index is 0.0299. The van der Waals surface area contributed by atoms with Crippen molar-refractivity contribution in [1.82, 2.24) is 10.2 Å². The topological polar surface area (TPSA) is 32.3 Å². The van der Waals surface area contributed by atoms with Gasteiger partial charge in [0, 0.05) is 19.1 Å². The first-order valence-corrected chi connectivity index (χ1v) is 7.29. The zero-order valence-corrected chi connectivity index (χ0v) is 12.6. The molecule has 2 amide bonds. The fourth-order valence-electron chi connectivity index (χ4n) is 2.14. The van der Waals surface area contributed by atoms with Crippen LogP contribution in [0.25, 0.3) is 0 Å². The monoisotopic (exact) mass is 282 g/mol. The summed E-state index contributed by atoms with van der Waals surface area (Å²) in [5.74, 6) is 0. The Balaban J connectivity index is 1.96. The number of hydrogen-bond donors (Lipinski definition) is 1. The molecule has 0 unspecified atom stereocenters. The van der Waals surface area contributed by atoms with Crippen molar-refractivity contribution in [1.29, 1.82) is 0 Å². The van der Waals surface area contributed by atoms with Gasteiger partial charge in [0.05, 0.1) is 0 Å². The van der Waals surface area contributed by atoms with Crippen molar-refractivity contribution in [3.63, 3.8) is 0 Å². The molecule has 0 aromatic heterocycles. The molecule has 2 aromatic carbocycles. The molecule has 0 radical (unpaired) electrons. The molecule has 0 bridgehead atoms. The van der Waals surface area contributed by atoms with Crippen LogP contribution in [-0.2, 0) is 13.1 Å². The lowest BCUT2D eigenvalue weighted by Crippen LogP contribution is -2.43. The first-order valence-electron chi connectivity index (χ1n) is 7.29. The molecular formula is C18H22N2O. The molecule has 3 heteroatoms. The number of carbonyl (C=O) groups is 1. The summed E-state index contributed by atoms with van der Waals surface area (Å²) >= 11 is 0. The smallest absolute Gasteiger partial charge is 0.318 e. The van der Waals surface area contributed by atoms with E-state index in [1.54, 1.807) is 0 Å². The highest BCUT2D eigenvalue weighted by atomic mass is 16.2. The summed E-state index contributed by atoms with van der Waals surface area (Å²) in [7, 11) is 0. The van der Waals surface area contributed by atoms with Crippen LogP contribution in [0.15, 0.2) is 60.7 Å². The van der Waals surface area contributed by atoms with Crippen LogP contribution in [0.2, 0.25) is 0 Å². The molecular weight excluding hydrogens is 260 g/mol. The van der Waals surface area contributed by atoms with Crippen LogP contribution in [0.1, 0.15) is 25.0 Å². The van der Waals surface area contributed by atoms with Gasteiger partial charge in [0.25, 0.3) is 0 Å². The van der Waals surface area contributed by atoms with Gasteiger partial charge >= 0.3 is 6.03 Å². The largest absolute Gasteiger partial charge is 0.334 e. The molecule has 0 aliphatic rings. The van der Waals surface area contributed by atoms with Gasteiger partial charge in [0.2, 0.25) is 0 Å². The van der Waals surface area contributed by atoms with Crippen LogP contribution in [0.4, 0.5) is 4.79 Å². The molecule has 0 atom stereocenters. The summed E-state index contributed by atoms with van der Waals surface area (Å²) in [5.41, 5.74) is 2.25. The van der Waals surface area contributed by atoms with Gasteiger partial charge in [-0.1, -0.05) is 60.7 Å². The van der Waals surface area contributed by atoms with Crippen molar-refractivity contribution in [2.75, 3.05) is 0 Å². The number of benzene rings is 2. The second-order valence-corrected chi connectivity index (χ2v) is 5.35. The highest BCUT2D eigenvalue weighted by molar-refractivity contribution is 5.74. The average molecular weight is 282 g/mol. The van der Waals surface area contributed by atoms with Gasteiger partial charge in [-0.2, -0.15) is 0 Å². The Morgan fingerprint density at radius 1 is 0.952 bits per heavy atom. The Hall–Kier alpha value is -2.29. The lowest BCUT2D eigenvalue weighted by Gasteiger charge is -2.27. The van der Waals surface area contributed by atoms with E-state index in [1.807, 2.05) is 79.4 Å². The van der Waals surface area contributed by atoms with Gasteiger partial charge in [-0.05, 0) is 25.0 Å². The lowest BCUT2D eigenvalue weighted by atomic mass is 10.2. The van der Waals surface area contributed by atoms with Gasteiger partial charge in [0.15, 0.2) is 0 Å². The van der Waals surface area contributed by atoms with E-state index in [9.17, 15) is 4.79 Å². The molecule has 0 fully saturated rings. The number of nitrogens with one attached hydrogen (secondary N) is 1. The maximum absolute atomic E-state index is 12.4. The van der Waals surface area contributed by atoms with E-state index >= 15 is 0 Å². The van der Waals surface area contributed by atoms with E-state index in [-0.39, 0.29) is 12.1 Å². The number of nitrogens with zero attached hydrogens (tertiary/aromatic N) is 1. The van der Waals surface area contributed by atoms with Crippen LogP contribution in [0, 0.1) is 0 Å². The Morgan fingerprint density at radius 3 is 2.00 bits per heavy atom. The second-order valence-electron chi connectivity index (χ2n) is 5.35. The molecule has 3 nitrogen and oxygen atoms in total. The molecule has 110 valence electrons. The summed E-state index contributed by atoms with van der Waals surface area (Å²) in [6.45, 7) is 5.24. The number of amides is 2. The predicted octanol–water partition coefficient (Wildman–Crippen LogP) is 3.81. The standard InChI is InChI=1S/C18H22N2O/c1-15(2)20(14-17-11-7-4-8-12-17)18(21)19-13-16-9-5-3-6-10-16/h3-12,15H,13-14H2,1-2H3,(H,19,21). The number of hydrogen-bond acceptors (Lipinski definition) is 1. The summed E-state index contributed by atoms with van der Waals surface area (Å²) in [5, 5.41) is 2.99. The average Bonchev–Trinajstić information content (AvgIpc) is 2.52. The third-order valence-corrected chi connectivity index (χ3v) is 3.37. The molecule has 0 saturated carbocycles. The van der Waals surface area contributed by atoms with Crippen molar-refractivity contribution in [2.45, 2.75) is 33.0 Å². The van der Waals surface area contributed by atoms with Crippen LogP contribution < -0.4 is 5.32 Å². The van der Waals surface area contributed by atoms with Gasteiger partial charge < -0.3 is 10.2 Å². The number of carbonyl (C=O) groups excluding carboxylic acids is 1. The highest BCUT2D eigenvalue weighted by Gasteiger charge is 2.16. The number of rotatable bonds is 5. The van der Waals surface area contributed by atoms with Crippen LogP contribution in [0.5, 0.6) is 0 Å². The molecule has 0 aliphatic carbocycles. The molecule has 0 aliphatic heterocycles. The third kappa shape index (κ3) is 4.63. The normalized spacial score (nSPS) is 10.4. The maximum Gasteiger partial charge on any atom is 0.318 e. The fraction of sp³-hybridized carbons (Fsp3) is 0.278. The molecule has 1 N–H and O–H groups in total. The van der Waals surface area contributed by atoms with Gasteiger partial charge in [-0.3, -0.25) is 0 Å². The summed E-state index contributed by atoms with van der Waals surface area (Å²) < 4.78 is 0. The van der Waals surface area contributed by atoms with Crippen LogP contribution in [-0.4, -0.2) is 17.0 Å². The summed E-state index contributed by atoms with van der Waals surface area (Å²) in [4.78, 5) is 14.2. The quantitative estimate of drug-likeness (QED) is 0.888. The molecule has 0 saturated heterocycles. The van der Waals surface area contributed by atoms with Crippen molar-refractivity contribution < 1.29 is 4.79 Å². The third-order valence-electron chi connectivity index (χ3n) is 3.37. The SMILES string of the molecule is CC(C)N(Cc1ccccc1)C(=O)NCc1ccccc1. The second kappa shape index (κ2) is 7.48. The van der Waals surface area contributed by atoms with Crippen molar-refractivity contribution in [2.24, 2.45) is 0 Å². The van der Waals surface area contributed by atoms with Gasteiger partial charge in [0.1, 0.15) is 0 Å². The van der Waals surface area contributed by atoms with Gasteiger partial charge in [-0.25, -0.2) is 4.79 Å². The minimum Gasteiger partial charge on any atom is -0.334 e. The maximum atomic E-state index is 12.4. The van der Waals surface area contributed by atoms with E-state index in [4.69, 9.17) is 0 Å². The molecule has 0 spiro atoms. The highest BCUT2D eigenvalue weighted by Crippen LogP contribution is 2.09. The zero-order valence-electron chi connectivity index (χ0n) is 12.6. The molecule has 21 heavy (non-hydrogen) atoms. The fourth-order valence-corrected chi connectivity index (χ4v) is 2.14. The Bertz CT molecular complexity index is 552. The summed E-state index contributed by atoms with van der Waals surface area (Å²) in [6.07, 6.45) is 0. The number of urea groups is 1. The van der Waals surface area contributed by atoms with Crippen molar-refractivity contribution in [3.8, 4) is 0 Å². The van der Waals surface area contributed by atoms with E-state index < -0.39 is 0 Å². The first-order chi connectivity index (χ1) is 10.2. The van der Waals surface area contributed by atoms with Gasteiger partial charge in [-0.15, -0.1) is 0 Å². The predicted molar refractivity (Wildman–Crippen MR) is 85.8 cm³/mol. The van der Waals surface area contributed by atoms with Crippen molar-refractivity contribution in [3.05, 3.63) is 71.8 Å². The zero-order chi connectivity index (χ0) is 15.1. The first kappa shape index (κ1) is 15.1. The Labute approximate surface area is 126 Å². The molecule has 2 aromatic rings. The van der Waals surface area contributed by atoms with Crippen LogP contribution in [0.3, 0.4) is 0 Å². The van der Waals surface area contributed by atoms with E-state index in [1.165, 1.54) is 0 Å². The van der Waals surface area contributed by atoms with E-state index in [0.717, 1.165) is 11.1 Å². The lowest BCUT2D eigenvalue weighted by molar-refractivity contribution is 0.179.